The molecule has 0 aliphatic heterocycles. The SMILES string of the molecule is CC1CCCC(N)(C(=O)N(C)C2CCCCC2C)C1. The number of nitrogens with two attached hydrogens (primary N) is 1. The van der Waals surface area contributed by atoms with Gasteiger partial charge < -0.3 is 10.6 Å². The molecule has 2 aliphatic carbocycles. The predicted molar refractivity (Wildman–Crippen MR) is 78.7 cm³/mol. The second-order valence-corrected chi connectivity index (χ2v) is 7.10. The molecule has 0 heterocycles. The molecule has 3 nitrogen and oxygen atoms in total. The van der Waals surface area contributed by atoms with Crippen LogP contribution in [0.5, 0.6) is 0 Å². The summed E-state index contributed by atoms with van der Waals surface area (Å²) in [7, 11) is 1.97. The molecule has 2 N–H and O–H groups in total. The summed E-state index contributed by atoms with van der Waals surface area (Å²) in [5.74, 6) is 1.39. The van der Waals surface area contributed by atoms with E-state index in [1.165, 1.54) is 25.7 Å². The van der Waals surface area contributed by atoms with Crippen LogP contribution in [0.4, 0.5) is 0 Å². The molecule has 0 aromatic carbocycles. The molecule has 19 heavy (non-hydrogen) atoms. The van der Waals surface area contributed by atoms with Gasteiger partial charge in [-0.15, -0.1) is 0 Å². The highest BCUT2D eigenvalue weighted by atomic mass is 16.2. The largest absolute Gasteiger partial charge is 0.341 e. The van der Waals surface area contributed by atoms with Crippen molar-refractivity contribution >= 4 is 5.91 Å². The fraction of sp³-hybridized carbons (Fsp3) is 0.938. The molecule has 0 spiro atoms. The van der Waals surface area contributed by atoms with Crippen molar-refractivity contribution in [2.45, 2.75) is 76.8 Å². The normalized spacial score (nSPS) is 39.9. The minimum atomic E-state index is -0.594. The summed E-state index contributed by atoms with van der Waals surface area (Å²) >= 11 is 0. The quantitative estimate of drug-likeness (QED) is 0.835. The summed E-state index contributed by atoms with van der Waals surface area (Å²) in [6.45, 7) is 4.50. The van der Waals surface area contributed by atoms with Gasteiger partial charge in [-0.3, -0.25) is 4.79 Å². The first kappa shape index (κ1) is 14.8. The van der Waals surface area contributed by atoms with Crippen molar-refractivity contribution in [3.05, 3.63) is 0 Å². The van der Waals surface area contributed by atoms with Crippen LogP contribution in [0, 0.1) is 11.8 Å². The van der Waals surface area contributed by atoms with E-state index >= 15 is 0 Å². The molecule has 2 rings (SSSR count). The Hall–Kier alpha value is -0.570. The van der Waals surface area contributed by atoms with Gasteiger partial charge in [-0.1, -0.05) is 39.5 Å². The van der Waals surface area contributed by atoms with Crippen LogP contribution in [0.1, 0.15) is 65.2 Å². The topological polar surface area (TPSA) is 46.3 Å². The monoisotopic (exact) mass is 266 g/mol. The zero-order valence-electron chi connectivity index (χ0n) is 12.8. The highest BCUT2D eigenvalue weighted by molar-refractivity contribution is 5.86. The first-order valence-electron chi connectivity index (χ1n) is 8.00. The summed E-state index contributed by atoms with van der Waals surface area (Å²) < 4.78 is 0. The van der Waals surface area contributed by atoms with Gasteiger partial charge in [0.25, 0.3) is 0 Å². The second kappa shape index (κ2) is 5.82. The number of amides is 1. The van der Waals surface area contributed by atoms with Crippen molar-refractivity contribution in [2.75, 3.05) is 7.05 Å². The molecule has 0 radical (unpaired) electrons. The lowest BCUT2D eigenvalue weighted by atomic mass is 9.75. The molecule has 4 atom stereocenters. The Morgan fingerprint density at radius 2 is 1.84 bits per heavy atom. The maximum Gasteiger partial charge on any atom is 0.242 e. The van der Waals surface area contributed by atoms with Crippen LogP contribution >= 0.6 is 0 Å². The van der Waals surface area contributed by atoms with E-state index in [0.717, 1.165) is 25.7 Å². The number of carbonyl (C=O) groups is 1. The highest BCUT2D eigenvalue weighted by Crippen LogP contribution is 2.34. The first-order chi connectivity index (χ1) is 8.94. The van der Waals surface area contributed by atoms with Crippen molar-refractivity contribution in [3.63, 3.8) is 0 Å². The lowest BCUT2D eigenvalue weighted by molar-refractivity contribution is -0.141. The molecular weight excluding hydrogens is 236 g/mol. The van der Waals surface area contributed by atoms with Gasteiger partial charge in [-0.25, -0.2) is 0 Å². The number of likely N-dealkylation sites (N-methyl/N-ethyl adjacent to an activating group) is 1. The Morgan fingerprint density at radius 3 is 2.47 bits per heavy atom. The molecule has 3 heteroatoms. The Morgan fingerprint density at radius 1 is 1.16 bits per heavy atom. The molecule has 4 unspecified atom stereocenters. The molecule has 0 aromatic rings. The van der Waals surface area contributed by atoms with E-state index in [9.17, 15) is 4.79 Å². The van der Waals surface area contributed by atoms with E-state index in [2.05, 4.69) is 13.8 Å². The Balaban J connectivity index is 2.05. The predicted octanol–water partition coefficient (Wildman–Crippen LogP) is 2.93. The Kier molecular flexibility index (Phi) is 4.54. The highest BCUT2D eigenvalue weighted by Gasteiger charge is 2.42. The summed E-state index contributed by atoms with van der Waals surface area (Å²) in [6.07, 6.45) is 8.99. The average molecular weight is 266 g/mol. The van der Waals surface area contributed by atoms with Crippen molar-refractivity contribution in [1.29, 1.82) is 0 Å². The van der Waals surface area contributed by atoms with E-state index < -0.39 is 5.54 Å². The summed E-state index contributed by atoms with van der Waals surface area (Å²) in [6, 6.07) is 0.402. The Bertz CT molecular complexity index is 331. The molecular formula is C16H30N2O. The van der Waals surface area contributed by atoms with E-state index in [0.29, 0.717) is 17.9 Å². The molecule has 2 fully saturated rings. The number of hydrogen-bond donors (Lipinski definition) is 1. The second-order valence-electron chi connectivity index (χ2n) is 7.10. The first-order valence-corrected chi connectivity index (χ1v) is 8.00. The summed E-state index contributed by atoms with van der Waals surface area (Å²) in [4.78, 5) is 14.8. The maximum atomic E-state index is 12.8. The Labute approximate surface area is 117 Å². The lowest BCUT2D eigenvalue weighted by Gasteiger charge is -2.43. The molecule has 2 saturated carbocycles. The zero-order chi connectivity index (χ0) is 14.0. The van der Waals surface area contributed by atoms with Crippen molar-refractivity contribution in [3.8, 4) is 0 Å². The molecule has 0 aromatic heterocycles. The zero-order valence-corrected chi connectivity index (χ0v) is 12.8. The van der Waals surface area contributed by atoms with Gasteiger partial charge >= 0.3 is 0 Å². The molecule has 1 amide bonds. The molecule has 0 bridgehead atoms. The molecule has 0 saturated heterocycles. The minimum absolute atomic E-state index is 0.192. The van der Waals surface area contributed by atoms with Crippen LogP contribution in [-0.4, -0.2) is 29.4 Å². The van der Waals surface area contributed by atoms with E-state index in [4.69, 9.17) is 5.73 Å². The third-order valence-electron chi connectivity index (χ3n) is 5.34. The smallest absolute Gasteiger partial charge is 0.242 e. The number of carbonyl (C=O) groups excluding carboxylic acids is 1. The number of rotatable bonds is 2. The van der Waals surface area contributed by atoms with Gasteiger partial charge in [0.2, 0.25) is 5.91 Å². The van der Waals surface area contributed by atoms with Crippen LogP contribution in [0.2, 0.25) is 0 Å². The van der Waals surface area contributed by atoms with Gasteiger partial charge in [-0.2, -0.15) is 0 Å². The minimum Gasteiger partial charge on any atom is -0.341 e. The van der Waals surface area contributed by atoms with Crippen LogP contribution in [0.15, 0.2) is 0 Å². The van der Waals surface area contributed by atoms with Crippen molar-refractivity contribution in [2.24, 2.45) is 17.6 Å². The number of nitrogens with zero attached hydrogens (tertiary/aromatic N) is 1. The number of hydrogen-bond acceptors (Lipinski definition) is 2. The van der Waals surface area contributed by atoms with Crippen molar-refractivity contribution < 1.29 is 4.79 Å². The van der Waals surface area contributed by atoms with Gasteiger partial charge in [0.15, 0.2) is 0 Å². The van der Waals surface area contributed by atoms with Gasteiger partial charge in [0, 0.05) is 13.1 Å². The van der Waals surface area contributed by atoms with Crippen LogP contribution in [0.25, 0.3) is 0 Å². The van der Waals surface area contributed by atoms with Gasteiger partial charge in [0.05, 0.1) is 5.54 Å². The fourth-order valence-corrected chi connectivity index (χ4v) is 4.16. The standard InChI is InChI=1S/C16H30N2O/c1-12-7-6-10-16(17,11-12)15(19)18(3)14-9-5-4-8-13(14)2/h12-14H,4-11,17H2,1-3H3. The van der Waals surface area contributed by atoms with E-state index in [1.54, 1.807) is 0 Å². The van der Waals surface area contributed by atoms with Crippen molar-refractivity contribution in [1.82, 2.24) is 4.90 Å². The molecule has 110 valence electrons. The van der Waals surface area contributed by atoms with Gasteiger partial charge in [-0.05, 0) is 37.5 Å². The van der Waals surface area contributed by atoms with Gasteiger partial charge in [0.1, 0.15) is 0 Å². The van der Waals surface area contributed by atoms with Crippen LogP contribution in [0.3, 0.4) is 0 Å². The third-order valence-corrected chi connectivity index (χ3v) is 5.34. The van der Waals surface area contributed by atoms with Crippen LogP contribution < -0.4 is 5.73 Å². The molecule has 2 aliphatic rings. The lowest BCUT2D eigenvalue weighted by Crippen LogP contribution is -2.59. The average Bonchev–Trinajstić information content (AvgIpc) is 2.37. The fourth-order valence-electron chi connectivity index (χ4n) is 4.16. The van der Waals surface area contributed by atoms with E-state index in [-0.39, 0.29) is 5.91 Å². The summed E-state index contributed by atoms with van der Waals surface area (Å²) in [5, 5.41) is 0. The van der Waals surface area contributed by atoms with E-state index in [1.807, 2.05) is 11.9 Å². The third kappa shape index (κ3) is 3.13. The maximum absolute atomic E-state index is 12.8. The summed E-state index contributed by atoms with van der Waals surface area (Å²) in [5.41, 5.74) is 5.86. The van der Waals surface area contributed by atoms with Crippen LogP contribution in [-0.2, 0) is 4.79 Å².